The van der Waals surface area contributed by atoms with Crippen LogP contribution >= 0.6 is 11.3 Å². The van der Waals surface area contributed by atoms with Crippen LogP contribution in [0.15, 0.2) is 24.3 Å². The summed E-state index contributed by atoms with van der Waals surface area (Å²) in [6.07, 6.45) is 0. The van der Waals surface area contributed by atoms with E-state index in [1.807, 2.05) is 32.0 Å². The van der Waals surface area contributed by atoms with E-state index in [1.54, 1.807) is 11.3 Å². The summed E-state index contributed by atoms with van der Waals surface area (Å²) in [6.45, 7) is 10.4. The van der Waals surface area contributed by atoms with E-state index >= 15 is 0 Å². The first-order chi connectivity index (χ1) is 7.54. The van der Waals surface area contributed by atoms with Gasteiger partial charge in [-0.1, -0.05) is 37.3 Å². The molecule has 0 aliphatic heterocycles. The number of nitrogens with zero attached hydrogens (tertiary/aromatic N) is 1. The van der Waals surface area contributed by atoms with Crippen LogP contribution in [0.25, 0.3) is 10.2 Å². The van der Waals surface area contributed by atoms with Crippen LogP contribution in [-0.4, -0.2) is 10.5 Å². The van der Waals surface area contributed by atoms with E-state index in [9.17, 15) is 0 Å². The average Bonchev–Trinajstić information content (AvgIpc) is 2.59. The molecule has 0 bridgehead atoms. The molecule has 0 saturated carbocycles. The Morgan fingerprint density at radius 2 is 1.75 bits per heavy atom. The van der Waals surface area contributed by atoms with Crippen LogP contribution in [-0.2, 0) is 0 Å². The molecule has 1 aromatic heterocycles. The molecule has 2 rings (SSSR count). The first-order valence-corrected chi connectivity index (χ1v) is 6.50. The Bertz CT molecular complexity index is 407. The van der Waals surface area contributed by atoms with Gasteiger partial charge in [0.05, 0.1) is 10.2 Å². The topological polar surface area (TPSA) is 24.9 Å². The molecule has 3 heteroatoms. The van der Waals surface area contributed by atoms with Gasteiger partial charge in [-0.05, 0) is 32.9 Å². The molecule has 1 aromatic carbocycles. The molecular weight excluding hydrogens is 216 g/mol. The van der Waals surface area contributed by atoms with Crippen molar-refractivity contribution in [3.63, 3.8) is 0 Å². The van der Waals surface area contributed by atoms with E-state index in [-0.39, 0.29) is 5.54 Å². The van der Waals surface area contributed by atoms with Crippen molar-refractivity contribution in [3.05, 3.63) is 24.3 Å². The van der Waals surface area contributed by atoms with Crippen molar-refractivity contribution >= 4 is 26.7 Å². The molecule has 0 unspecified atom stereocenters. The van der Waals surface area contributed by atoms with Crippen LogP contribution in [0.4, 0.5) is 5.13 Å². The number of anilines is 1. The van der Waals surface area contributed by atoms with Gasteiger partial charge in [0.2, 0.25) is 0 Å². The fourth-order valence-electron chi connectivity index (χ4n) is 1.25. The fraction of sp³-hybridized carbons (Fsp3) is 0.462. The maximum absolute atomic E-state index is 4.51. The lowest BCUT2D eigenvalue weighted by atomic mass is 10.1. The number of rotatable bonds is 1. The highest BCUT2D eigenvalue weighted by atomic mass is 32.1. The lowest BCUT2D eigenvalue weighted by Gasteiger charge is -2.19. The van der Waals surface area contributed by atoms with E-state index in [4.69, 9.17) is 0 Å². The third-order valence-electron chi connectivity index (χ3n) is 1.78. The predicted octanol–water partition coefficient (Wildman–Crippen LogP) is 4.53. The van der Waals surface area contributed by atoms with E-state index in [1.165, 1.54) is 4.70 Å². The Morgan fingerprint density at radius 3 is 2.31 bits per heavy atom. The van der Waals surface area contributed by atoms with Crippen LogP contribution in [0.1, 0.15) is 34.6 Å². The second-order valence-electron chi connectivity index (χ2n) is 4.36. The second kappa shape index (κ2) is 5.30. The van der Waals surface area contributed by atoms with Crippen LogP contribution in [0, 0.1) is 0 Å². The predicted molar refractivity (Wildman–Crippen MR) is 74.3 cm³/mol. The Hall–Kier alpha value is -1.09. The van der Waals surface area contributed by atoms with Gasteiger partial charge in [-0.2, -0.15) is 0 Å². The molecule has 88 valence electrons. The molecule has 0 amide bonds. The van der Waals surface area contributed by atoms with Gasteiger partial charge < -0.3 is 5.32 Å². The molecule has 1 heterocycles. The van der Waals surface area contributed by atoms with Gasteiger partial charge in [-0.15, -0.1) is 0 Å². The highest BCUT2D eigenvalue weighted by molar-refractivity contribution is 7.22. The minimum absolute atomic E-state index is 0.0773. The number of para-hydroxylation sites is 1. The zero-order valence-corrected chi connectivity index (χ0v) is 11.5. The number of benzene rings is 1. The quantitative estimate of drug-likeness (QED) is 0.786. The van der Waals surface area contributed by atoms with E-state index in [0.29, 0.717) is 0 Å². The lowest BCUT2D eigenvalue weighted by Crippen LogP contribution is -2.25. The Kier molecular flexibility index (Phi) is 4.30. The van der Waals surface area contributed by atoms with Gasteiger partial charge in [0, 0.05) is 5.54 Å². The number of aromatic nitrogens is 1. The first kappa shape index (κ1) is 13.0. The summed E-state index contributed by atoms with van der Waals surface area (Å²) in [5.41, 5.74) is 1.15. The SMILES string of the molecule is CC.CC(C)(C)Nc1nc2ccccc2s1. The molecule has 1 N–H and O–H groups in total. The maximum Gasteiger partial charge on any atom is 0.184 e. The normalized spacial score (nSPS) is 10.8. The summed E-state index contributed by atoms with van der Waals surface area (Å²) in [4.78, 5) is 4.51. The third kappa shape index (κ3) is 3.49. The number of fused-ring (bicyclic) bond motifs is 1. The number of thiazole rings is 1. The van der Waals surface area contributed by atoms with Gasteiger partial charge in [-0.25, -0.2) is 4.98 Å². The van der Waals surface area contributed by atoms with Crippen LogP contribution in [0.5, 0.6) is 0 Å². The molecule has 0 fully saturated rings. The second-order valence-corrected chi connectivity index (χ2v) is 5.39. The fourth-order valence-corrected chi connectivity index (χ4v) is 2.32. The highest BCUT2D eigenvalue weighted by Gasteiger charge is 2.12. The van der Waals surface area contributed by atoms with Gasteiger partial charge in [0.1, 0.15) is 0 Å². The Morgan fingerprint density at radius 1 is 1.12 bits per heavy atom. The van der Waals surface area contributed by atoms with Crippen molar-refractivity contribution in [2.45, 2.75) is 40.2 Å². The number of hydrogen-bond acceptors (Lipinski definition) is 3. The van der Waals surface area contributed by atoms with Crippen molar-refractivity contribution in [3.8, 4) is 0 Å². The number of nitrogens with one attached hydrogen (secondary N) is 1. The van der Waals surface area contributed by atoms with Crippen molar-refractivity contribution in [1.29, 1.82) is 0 Å². The molecule has 0 aliphatic carbocycles. The molecule has 0 spiro atoms. The lowest BCUT2D eigenvalue weighted by molar-refractivity contribution is 0.633. The van der Waals surface area contributed by atoms with Crippen molar-refractivity contribution in [2.75, 3.05) is 5.32 Å². The standard InChI is InChI=1S/C11H14N2S.C2H6/c1-11(2,3)13-10-12-8-6-4-5-7-9(8)14-10;1-2/h4-7H,1-3H3,(H,12,13);1-2H3. The maximum atomic E-state index is 4.51. The molecule has 0 radical (unpaired) electrons. The van der Waals surface area contributed by atoms with Crippen molar-refractivity contribution in [1.82, 2.24) is 4.98 Å². The Balaban J connectivity index is 0.000000606. The summed E-state index contributed by atoms with van der Waals surface area (Å²) in [5, 5.41) is 4.38. The van der Waals surface area contributed by atoms with E-state index in [0.717, 1.165) is 10.6 Å². The molecule has 0 saturated heterocycles. The summed E-state index contributed by atoms with van der Waals surface area (Å²) >= 11 is 1.70. The molecular formula is C13H20N2S. The van der Waals surface area contributed by atoms with Gasteiger partial charge in [0.25, 0.3) is 0 Å². The van der Waals surface area contributed by atoms with Crippen molar-refractivity contribution in [2.24, 2.45) is 0 Å². The minimum Gasteiger partial charge on any atom is -0.357 e. The van der Waals surface area contributed by atoms with Crippen LogP contribution in [0.3, 0.4) is 0 Å². The molecule has 0 aliphatic rings. The summed E-state index contributed by atoms with van der Waals surface area (Å²) in [5.74, 6) is 0. The van der Waals surface area contributed by atoms with Gasteiger partial charge >= 0.3 is 0 Å². The zero-order chi connectivity index (χ0) is 12.2. The smallest absolute Gasteiger partial charge is 0.184 e. The number of hydrogen-bond donors (Lipinski definition) is 1. The molecule has 2 nitrogen and oxygen atoms in total. The molecule has 16 heavy (non-hydrogen) atoms. The molecule has 2 aromatic rings. The highest BCUT2D eigenvalue weighted by Crippen LogP contribution is 2.27. The van der Waals surface area contributed by atoms with E-state index in [2.05, 4.69) is 37.1 Å². The van der Waals surface area contributed by atoms with E-state index < -0.39 is 0 Å². The largest absolute Gasteiger partial charge is 0.357 e. The van der Waals surface area contributed by atoms with Gasteiger partial charge in [0.15, 0.2) is 5.13 Å². The van der Waals surface area contributed by atoms with Gasteiger partial charge in [-0.3, -0.25) is 0 Å². The monoisotopic (exact) mass is 236 g/mol. The zero-order valence-electron chi connectivity index (χ0n) is 10.7. The third-order valence-corrected chi connectivity index (χ3v) is 2.73. The molecule has 0 atom stereocenters. The average molecular weight is 236 g/mol. The van der Waals surface area contributed by atoms with Crippen LogP contribution in [0.2, 0.25) is 0 Å². The van der Waals surface area contributed by atoms with Crippen LogP contribution < -0.4 is 5.32 Å². The minimum atomic E-state index is 0.0773. The van der Waals surface area contributed by atoms with Crippen molar-refractivity contribution < 1.29 is 0 Å². The Labute approximate surface area is 102 Å². The summed E-state index contributed by atoms with van der Waals surface area (Å²) in [6, 6.07) is 8.20. The first-order valence-electron chi connectivity index (χ1n) is 5.68. The summed E-state index contributed by atoms with van der Waals surface area (Å²) in [7, 11) is 0. The summed E-state index contributed by atoms with van der Waals surface area (Å²) < 4.78 is 1.24.